The summed E-state index contributed by atoms with van der Waals surface area (Å²) in [5.74, 6) is 0.529. The van der Waals surface area contributed by atoms with E-state index in [1.165, 1.54) is 5.56 Å². The molecule has 3 N–H and O–H groups in total. The Kier molecular flexibility index (Phi) is 3.57. The minimum atomic E-state index is 0.172. The lowest BCUT2D eigenvalue weighted by Crippen LogP contribution is -2.32. The highest BCUT2D eigenvalue weighted by Crippen LogP contribution is 2.48. The molecule has 1 aromatic rings. The third kappa shape index (κ3) is 2.91. The Bertz CT molecular complexity index is 424. The Morgan fingerprint density at radius 3 is 2.88 bits per heavy atom. The first-order chi connectivity index (χ1) is 8.16. The summed E-state index contributed by atoms with van der Waals surface area (Å²) in [7, 11) is 0. The molecular formula is C13H18ClN3. The molecule has 0 aromatic heterocycles. The highest BCUT2D eigenvalue weighted by Gasteiger charge is 2.44. The van der Waals surface area contributed by atoms with Crippen molar-refractivity contribution in [2.24, 2.45) is 10.7 Å². The van der Waals surface area contributed by atoms with Gasteiger partial charge in [0.2, 0.25) is 0 Å². The number of hydrogen-bond acceptors (Lipinski definition) is 1. The van der Waals surface area contributed by atoms with Crippen molar-refractivity contribution in [3.05, 3.63) is 34.9 Å². The van der Waals surface area contributed by atoms with Crippen LogP contribution in [0, 0.1) is 0 Å². The molecule has 1 fully saturated rings. The molecule has 92 valence electrons. The van der Waals surface area contributed by atoms with Gasteiger partial charge in [0, 0.05) is 17.0 Å². The molecular weight excluding hydrogens is 234 g/mol. The van der Waals surface area contributed by atoms with Gasteiger partial charge < -0.3 is 11.1 Å². The molecule has 1 aromatic carbocycles. The van der Waals surface area contributed by atoms with Crippen molar-refractivity contribution in [3.63, 3.8) is 0 Å². The van der Waals surface area contributed by atoms with Crippen LogP contribution >= 0.6 is 11.6 Å². The second-order valence-electron chi connectivity index (χ2n) is 4.52. The minimum Gasteiger partial charge on any atom is -0.370 e. The van der Waals surface area contributed by atoms with Crippen LogP contribution in [0.15, 0.2) is 29.3 Å². The number of nitrogens with zero attached hydrogens (tertiary/aromatic N) is 1. The maximum Gasteiger partial charge on any atom is 0.188 e. The first kappa shape index (κ1) is 12.2. The Labute approximate surface area is 107 Å². The standard InChI is InChI=1S/C13H18ClN3/c1-2-16-12(15)17-9-13(6-7-13)10-4-3-5-11(14)8-10/h3-5,8H,2,6-7,9H2,1H3,(H3,15,16,17). The van der Waals surface area contributed by atoms with Crippen LogP contribution in [0.25, 0.3) is 0 Å². The molecule has 1 saturated carbocycles. The Morgan fingerprint density at radius 2 is 2.29 bits per heavy atom. The van der Waals surface area contributed by atoms with E-state index in [1.807, 2.05) is 25.1 Å². The number of rotatable bonds is 4. The summed E-state index contributed by atoms with van der Waals surface area (Å²) in [5.41, 5.74) is 7.19. The number of benzene rings is 1. The van der Waals surface area contributed by atoms with Gasteiger partial charge in [0.1, 0.15) is 0 Å². The molecule has 1 aliphatic carbocycles. The van der Waals surface area contributed by atoms with E-state index in [4.69, 9.17) is 17.3 Å². The quantitative estimate of drug-likeness (QED) is 0.637. The predicted molar refractivity (Wildman–Crippen MR) is 72.5 cm³/mol. The van der Waals surface area contributed by atoms with Crippen LogP contribution in [0.1, 0.15) is 25.3 Å². The van der Waals surface area contributed by atoms with Crippen LogP contribution in [-0.2, 0) is 5.41 Å². The third-order valence-electron chi connectivity index (χ3n) is 3.20. The molecule has 0 amide bonds. The van der Waals surface area contributed by atoms with Crippen molar-refractivity contribution < 1.29 is 0 Å². The van der Waals surface area contributed by atoms with Crippen molar-refractivity contribution in [2.75, 3.05) is 13.1 Å². The summed E-state index contributed by atoms with van der Waals surface area (Å²) in [6, 6.07) is 8.05. The van der Waals surface area contributed by atoms with Gasteiger partial charge in [-0.15, -0.1) is 0 Å². The molecule has 3 nitrogen and oxygen atoms in total. The average Bonchev–Trinajstić information content (AvgIpc) is 3.08. The molecule has 0 spiro atoms. The van der Waals surface area contributed by atoms with E-state index in [1.54, 1.807) is 0 Å². The molecule has 2 rings (SSSR count). The summed E-state index contributed by atoms with van der Waals surface area (Å²) < 4.78 is 0. The summed E-state index contributed by atoms with van der Waals surface area (Å²) in [5, 5.41) is 3.80. The van der Waals surface area contributed by atoms with Crippen molar-refractivity contribution in [2.45, 2.75) is 25.2 Å². The van der Waals surface area contributed by atoms with Crippen LogP contribution in [0.5, 0.6) is 0 Å². The maximum absolute atomic E-state index is 6.02. The number of hydrogen-bond donors (Lipinski definition) is 2. The zero-order valence-corrected chi connectivity index (χ0v) is 10.8. The number of nitrogens with two attached hydrogens (primary N) is 1. The second kappa shape index (κ2) is 4.96. The molecule has 0 bridgehead atoms. The zero-order valence-electron chi connectivity index (χ0n) is 10.0. The largest absolute Gasteiger partial charge is 0.370 e. The SMILES string of the molecule is CCNC(N)=NCC1(c2cccc(Cl)c2)CC1. The van der Waals surface area contributed by atoms with Crippen LogP contribution in [0.2, 0.25) is 5.02 Å². The first-order valence-corrected chi connectivity index (χ1v) is 6.34. The number of guanidine groups is 1. The highest BCUT2D eigenvalue weighted by atomic mass is 35.5. The van der Waals surface area contributed by atoms with Gasteiger partial charge in [-0.1, -0.05) is 23.7 Å². The molecule has 4 heteroatoms. The van der Waals surface area contributed by atoms with Crippen LogP contribution in [-0.4, -0.2) is 19.0 Å². The van der Waals surface area contributed by atoms with Crippen LogP contribution in [0.3, 0.4) is 0 Å². The van der Waals surface area contributed by atoms with Gasteiger partial charge in [-0.3, -0.25) is 4.99 Å². The van der Waals surface area contributed by atoms with E-state index in [0.717, 1.165) is 31.0 Å². The molecule has 0 aliphatic heterocycles. The highest BCUT2D eigenvalue weighted by molar-refractivity contribution is 6.30. The maximum atomic E-state index is 6.02. The van der Waals surface area contributed by atoms with Crippen LogP contribution in [0.4, 0.5) is 0 Å². The van der Waals surface area contributed by atoms with E-state index in [0.29, 0.717) is 5.96 Å². The summed E-state index contributed by atoms with van der Waals surface area (Å²) in [4.78, 5) is 4.39. The lowest BCUT2D eigenvalue weighted by molar-refractivity contribution is 0.701. The van der Waals surface area contributed by atoms with Gasteiger partial charge in [-0.25, -0.2) is 0 Å². The van der Waals surface area contributed by atoms with Crippen molar-refractivity contribution >= 4 is 17.6 Å². The number of halogens is 1. The van der Waals surface area contributed by atoms with Gasteiger partial charge in [0.15, 0.2) is 5.96 Å². The molecule has 0 atom stereocenters. The average molecular weight is 252 g/mol. The van der Waals surface area contributed by atoms with E-state index in [-0.39, 0.29) is 5.41 Å². The van der Waals surface area contributed by atoms with Crippen molar-refractivity contribution in [1.82, 2.24) is 5.32 Å². The summed E-state index contributed by atoms with van der Waals surface area (Å²) >= 11 is 6.02. The summed E-state index contributed by atoms with van der Waals surface area (Å²) in [6.07, 6.45) is 2.33. The lowest BCUT2D eigenvalue weighted by Gasteiger charge is -2.14. The monoisotopic (exact) mass is 251 g/mol. The second-order valence-corrected chi connectivity index (χ2v) is 4.96. The smallest absolute Gasteiger partial charge is 0.188 e. The van der Waals surface area contributed by atoms with E-state index in [2.05, 4.69) is 16.4 Å². The Hall–Kier alpha value is -1.22. The first-order valence-electron chi connectivity index (χ1n) is 5.96. The van der Waals surface area contributed by atoms with E-state index in [9.17, 15) is 0 Å². The normalized spacial score (nSPS) is 17.9. The fourth-order valence-electron chi connectivity index (χ4n) is 1.98. The fraction of sp³-hybridized carbons (Fsp3) is 0.462. The van der Waals surface area contributed by atoms with Gasteiger partial charge in [0.25, 0.3) is 0 Å². The van der Waals surface area contributed by atoms with Crippen LogP contribution < -0.4 is 11.1 Å². The molecule has 1 aliphatic rings. The molecule has 0 radical (unpaired) electrons. The van der Waals surface area contributed by atoms with E-state index < -0.39 is 0 Å². The lowest BCUT2D eigenvalue weighted by atomic mass is 9.96. The number of nitrogens with one attached hydrogen (secondary N) is 1. The number of aliphatic imine (C=N–C) groups is 1. The molecule has 17 heavy (non-hydrogen) atoms. The van der Waals surface area contributed by atoms with Gasteiger partial charge >= 0.3 is 0 Å². The third-order valence-corrected chi connectivity index (χ3v) is 3.44. The van der Waals surface area contributed by atoms with E-state index >= 15 is 0 Å². The summed E-state index contributed by atoms with van der Waals surface area (Å²) in [6.45, 7) is 3.55. The molecule has 0 heterocycles. The fourth-order valence-corrected chi connectivity index (χ4v) is 2.17. The Balaban J connectivity index is 2.07. The minimum absolute atomic E-state index is 0.172. The topological polar surface area (TPSA) is 50.4 Å². The molecule has 0 unspecified atom stereocenters. The van der Waals surface area contributed by atoms with Crippen molar-refractivity contribution in [1.29, 1.82) is 0 Å². The zero-order chi connectivity index (χ0) is 12.3. The Morgan fingerprint density at radius 1 is 1.53 bits per heavy atom. The van der Waals surface area contributed by atoms with Crippen molar-refractivity contribution in [3.8, 4) is 0 Å². The van der Waals surface area contributed by atoms with Gasteiger partial charge in [0.05, 0.1) is 6.54 Å². The van der Waals surface area contributed by atoms with Gasteiger partial charge in [-0.05, 0) is 37.5 Å². The predicted octanol–water partition coefficient (Wildman–Crippen LogP) is 2.30. The molecule has 0 saturated heterocycles. The van der Waals surface area contributed by atoms with Gasteiger partial charge in [-0.2, -0.15) is 0 Å².